The molecule has 15 heavy (non-hydrogen) atoms. The molecule has 0 unspecified atom stereocenters. The van der Waals surface area contributed by atoms with E-state index in [1.807, 2.05) is 0 Å². The number of primary amides is 1. The molecule has 0 aliphatic heterocycles. The molecular formula is C9H23NNiO2S2-4. The van der Waals surface area contributed by atoms with Crippen LogP contribution >= 0.6 is 0 Å². The van der Waals surface area contributed by atoms with Crippen molar-refractivity contribution < 1.29 is 26.4 Å². The minimum Gasteiger partial charge on any atom is -0.813 e. The summed E-state index contributed by atoms with van der Waals surface area (Å²) in [4.78, 5) is 8.78. The first-order valence-corrected chi connectivity index (χ1v) is 4.13. The summed E-state index contributed by atoms with van der Waals surface area (Å²) in [5, 5.41) is 7.19. The average Bonchev–Trinajstić information content (AvgIpc) is 2.03. The molecule has 0 atom stereocenters. The summed E-state index contributed by atoms with van der Waals surface area (Å²) in [7, 11) is 0. The van der Waals surface area contributed by atoms with Gasteiger partial charge >= 0.3 is 6.09 Å². The van der Waals surface area contributed by atoms with E-state index in [2.05, 4.69) is 33.4 Å². The third-order valence-electron chi connectivity index (χ3n) is 0.707. The van der Waals surface area contributed by atoms with Crippen molar-refractivity contribution in [3.8, 4) is 0 Å². The summed E-state index contributed by atoms with van der Waals surface area (Å²) in [6.07, 6.45) is 3.22. The zero-order chi connectivity index (χ0) is 10.4. The molecule has 0 aromatic carbocycles. The Bertz CT molecular complexity index is 76.5. The average molecular weight is 300 g/mol. The summed E-state index contributed by atoms with van der Waals surface area (Å²) < 4.78 is 0. The van der Waals surface area contributed by atoms with Crippen LogP contribution in [-0.4, -0.2) is 11.2 Å². The van der Waals surface area contributed by atoms with Gasteiger partial charge in [-0.2, -0.15) is 12.8 Å². The van der Waals surface area contributed by atoms with E-state index >= 15 is 0 Å². The van der Waals surface area contributed by atoms with Crippen LogP contribution in [0.3, 0.4) is 0 Å². The van der Waals surface area contributed by atoms with Crippen LogP contribution in [0.4, 0.5) is 4.79 Å². The summed E-state index contributed by atoms with van der Waals surface area (Å²) in [6.45, 7) is 11.4. The molecule has 0 saturated carbocycles. The second-order valence-electron chi connectivity index (χ2n) is 2.05. The van der Waals surface area contributed by atoms with Gasteiger partial charge in [-0.1, -0.05) is 26.7 Å². The Hall–Kier alpha value is 0.464. The molecule has 0 aliphatic carbocycles. The normalized spacial score (nSPS) is 5.60. The van der Waals surface area contributed by atoms with Gasteiger partial charge in [-0.25, -0.2) is 4.79 Å². The van der Waals surface area contributed by atoms with Crippen LogP contribution < -0.4 is 5.73 Å². The number of carbonyl (C=O) groups is 1. The summed E-state index contributed by atoms with van der Waals surface area (Å²) in [5.41, 5.74) is 4.03. The predicted molar refractivity (Wildman–Crippen MR) is 70.3 cm³/mol. The third kappa shape index (κ3) is 370. The molecule has 0 aromatic heterocycles. The predicted octanol–water partition coefficient (Wildman–Crippen LogP) is 2.32. The maximum Gasteiger partial charge on any atom is 0.402 e. The number of carboxylic acid groups (broad SMARTS) is 1. The smallest absolute Gasteiger partial charge is 0.402 e. The fourth-order valence-corrected chi connectivity index (χ4v) is 0. The molecule has 102 valence electrons. The minimum absolute atomic E-state index is 0. The first-order valence-electron chi connectivity index (χ1n) is 4.13. The number of hydrogen-bond donors (Lipinski definition) is 2. The molecule has 0 aromatic rings. The molecular weight excluding hydrogens is 277 g/mol. The second kappa shape index (κ2) is 47.1. The maximum absolute atomic E-state index is 8.78. The fourth-order valence-electron chi connectivity index (χ4n) is 0. The second-order valence-corrected chi connectivity index (χ2v) is 2.05. The zero-order valence-corrected chi connectivity index (χ0v) is 12.2. The largest absolute Gasteiger partial charge is 0.813 e. The molecule has 0 spiro atoms. The molecule has 3 N–H and O–H groups in total. The third-order valence-corrected chi connectivity index (χ3v) is 0.707. The molecule has 0 rings (SSSR count). The van der Waals surface area contributed by atoms with Crippen molar-refractivity contribution in [2.45, 2.75) is 39.5 Å². The minimum atomic E-state index is -1.33. The SMILES string of the molecule is NC(=O)O.[CH2-]CCC.[CH2-]CCC.[Ni].[SH-].[SH-]. The molecule has 0 radical (unpaired) electrons. The molecule has 6 heteroatoms. The Balaban J connectivity index is -0.0000000184. The Morgan fingerprint density at radius 2 is 1.20 bits per heavy atom. The van der Waals surface area contributed by atoms with E-state index in [4.69, 9.17) is 9.90 Å². The zero-order valence-electron chi connectivity index (χ0n) is 9.39. The Kier molecular flexibility index (Phi) is 113. The van der Waals surface area contributed by atoms with Crippen molar-refractivity contribution in [2.75, 3.05) is 0 Å². The van der Waals surface area contributed by atoms with Crippen LogP contribution in [0.5, 0.6) is 0 Å². The van der Waals surface area contributed by atoms with Crippen molar-refractivity contribution >= 4 is 33.1 Å². The van der Waals surface area contributed by atoms with Gasteiger partial charge in [-0.05, 0) is 0 Å². The number of amides is 1. The molecule has 3 nitrogen and oxygen atoms in total. The number of rotatable bonds is 2. The van der Waals surface area contributed by atoms with Gasteiger partial charge in [0.25, 0.3) is 0 Å². The van der Waals surface area contributed by atoms with Crippen molar-refractivity contribution in [2.24, 2.45) is 5.73 Å². The van der Waals surface area contributed by atoms with Gasteiger partial charge < -0.3 is 51.7 Å². The first kappa shape index (κ1) is 36.1. The molecule has 0 aliphatic rings. The Labute approximate surface area is 118 Å². The van der Waals surface area contributed by atoms with E-state index in [9.17, 15) is 0 Å². The Morgan fingerprint density at radius 3 is 1.20 bits per heavy atom. The topological polar surface area (TPSA) is 63.3 Å². The maximum atomic E-state index is 8.78. The van der Waals surface area contributed by atoms with Gasteiger partial charge in [0.05, 0.1) is 0 Å². The van der Waals surface area contributed by atoms with Gasteiger partial charge in [0.1, 0.15) is 0 Å². The fraction of sp³-hybridized carbons (Fsp3) is 0.667. The van der Waals surface area contributed by atoms with Crippen molar-refractivity contribution in [3.63, 3.8) is 0 Å². The van der Waals surface area contributed by atoms with Gasteiger partial charge in [0.15, 0.2) is 0 Å². The quantitative estimate of drug-likeness (QED) is 0.355. The van der Waals surface area contributed by atoms with E-state index < -0.39 is 6.09 Å². The molecule has 0 fully saturated rings. The standard InChI is InChI=1S/2C4H9.CH3NO2.Ni.2H2S/c2*1-3-4-2;2-1(3)4;;;/h2*1,3-4H2,2H3;2H2,(H,3,4);;2*1H2/q2*-1;;;;/p-2. The van der Waals surface area contributed by atoms with Crippen molar-refractivity contribution in [1.82, 2.24) is 0 Å². The van der Waals surface area contributed by atoms with E-state index in [-0.39, 0.29) is 43.5 Å². The van der Waals surface area contributed by atoms with E-state index in [1.54, 1.807) is 0 Å². The summed E-state index contributed by atoms with van der Waals surface area (Å²) in [5.74, 6) is 0. The van der Waals surface area contributed by atoms with Crippen LogP contribution in [0, 0.1) is 13.8 Å². The van der Waals surface area contributed by atoms with Crippen LogP contribution in [0.15, 0.2) is 0 Å². The van der Waals surface area contributed by atoms with Crippen molar-refractivity contribution in [1.29, 1.82) is 0 Å². The number of hydrogen-bond acceptors (Lipinski definition) is 3. The first-order chi connectivity index (χ1) is 5.56. The van der Waals surface area contributed by atoms with Gasteiger partial charge in [-0.3, -0.25) is 0 Å². The van der Waals surface area contributed by atoms with E-state index in [0.717, 1.165) is 12.8 Å². The van der Waals surface area contributed by atoms with Crippen LogP contribution in [0.2, 0.25) is 0 Å². The molecule has 1 amide bonds. The molecule has 0 saturated heterocycles. The number of thiol groups is 2. The summed E-state index contributed by atoms with van der Waals surface area (Å²) in [6, 6.07) is 0. The van der Waals surface area contributed by atoms with E-state index in [0.29, 0.717) is 0 Å². The van der Waals surface area contributed by atoms with Gasteiger partial charge in [0.2, 0.25) is 0 Å². The summed E-state index contributed by atoms with van der Waals surface area (Å²) >= 11 is 0. The van der Waals surface area contributed by atoms with Crippen LogP contribution in [-0.2, 0) is 43.5 Å². The molecule has 0 heterocycles. The molecule has 0 bridgehead atoms. The van der Waals surface area contributed by atoms with Gasteiger partial charge in [0, 0.05) is 16.5 Å². The number of unbranched alkanes of at least 4 members (excludes halogenated alkanes) is 2. The van der Waals surface area contributed by atoms with E-state index in [1.165, 1.54) is 12.8 Å². The van der Waals surface area contributed by atoms with Crippen LogP contribution in [0.25, 0.3) is 0 Å². The van der Waals surface area contributed by atoms with Crippen LogP contribution in [0.1, 0.15) is 39.5 Å². The number of nitrogens with two attached hydrogens (primary N) is 1. The van der Waals surface area contributed by atoms with Gasteiger partial charge in [-0.15, -0.1) is 0 Å². The Morgan fingerprint density at radius 1 is 1.13 bits per heavy atom. The monoisotopic (exact) mass is 299 g/mol. The van der Waals surface area contributed by atoms with Crippen molar-refractivity contribution in [3.05, 3.63) is 13.8 Å².